The van der Waals surface area contributed by atoms with Crippen LogP contribution in [-0.4, -0.2) is 22.3 Å². The maximum absolute atomic E-state index is 12.9. The van der Waals surface area contributed by atoms with Gasteiger partial charge in [-0.1, -0.05) is 37.5 Å². The minimum absolute atomic E-state index is 0.233. The number of ketones is 1. The lowest BCUT2D eigenvalue weighted by molar-refractivity contribution is 0.0914. The quantitative estimate of drug-likeness (QED) is 0.870. The summed E-state index contributed by atoms with van der Waals surface area (Å²) in [4.78, 5) is 17.4. The number of benzene rings is 1. The van der Waals surface area contributed by atoms with Gasteiger partial charge in [-0.15, -0.1) is 0 Å². The lowest BCUT2D eigenvalue weighted by Crippen LogP contribution is -2.46. The fourth-order valence-electron chi connectivity index (χ4n) is 3.67. The minimum Gasteiger partial charge on any atom is -0.302 e. The third kappa shape index (κ3) is 2.54. The molecule has 0 atom stereocenters. The molecule has 0 bridgehead atoms. The highest BCUT2D eigenvalue weighted by Gasteiger charge is 2.50. The first-order valence-electron chi connectivity index (χ1n) is 8.44. The van der Waals surface area contributed by atoms with Crippen molar-refractivity contribution >= 4 is 16.7 Å². The largest absolute Gasteiger partial charge is 0.302 e. The monoisotopic (exact) mass is 294 g/mol. The summed E-state index contributed by atoms with van der Waals surface area (Å²) in [6, 6.07) is 10.5. The van der Waals surface area contributed by atoms with E-state index in [0.717, 1.165) is 29.3 Å². The van der Waals surface area contributed by atoms with Gasteiger partial charge in [0, 0.05) is 23.2 Å². The zero-order valence-electron chi connectivity index (χ0n) is 12.8. The maximum Gasteiger partial charge on any atom is 0.184 e. The average molecular weight is 294 g/mol. The minimum atomic E-state index is -0.299. The van der Waals surface area contributed by atoms with Crippen LogP contribution in [0.4, 0.5) is 0 Å². The molecule has 2 aromatic rings. The standard InChI is InChI=1S/C19H22N2O/c22-18(15-12-14-6-4-5-9-17(14)20-13-15)19(10-11-19)21-16-7-2-1-3-8-16/h4-6,9,12-13,16,21H,1-3,7-8,10-11H2. The second kappa shape index (κ2) is 5.47. The van der Waals surface area contributed by atoms with Crippen molar-refractivity contribution in [2.45, 2.75) is 56.5 Å². The van der Waals surface area contributed by atoms with Crippen LogP contribution < -0.4 is 5.32 Å². The Morgan fingerprint density at radius 2 is 1.91 bits per heavy atom. The first-order chi connectivity index (χ1) is 10.8. The number of Topliss-reactive ketones (excluding diaryl/α,β-unsaturated/α-hetero) is 1. The van der Waals surface area contributed by atoms with Gasteiger partial charge in [0.15, 0.2) is 5.78 Å². The molecule has 3 nitrogen and oxygen atoms in total. The zero-order valence-corrected chi connectivity index (χ0v) is 12.8. The second-order valence-corrected chi connectivity index (χ2v) is 6.81. The fourth-order valence-corrected chi connectivity index (χ4v) is 3.67. The first kappa shape index (κ1) is 13.9. The molecule has 1 aromatic carbocycles. The number of carbonyl (C=O) groups is 1. The zero-order chi connectivity index (χ0) is 15.0. The predicted molar refractivity (Wildman–Crippen MR) is 88.0 cm³/mol. The Bertz CT molecular complexity index is 699. The Labute approximate surface area is 131 Å². The van der Waals surface area contributed by atoms with E-state index in [1.54, 1.807) is 6.20 Å². The van der Waals surface area contributed by atoms with Crippen molar-refractivity contribution in [1.29, 1.82) is 0 Å². The Morgan fingerprint density at radius 1 is 1.14 bits per heavy atom. The van der Waals surface area contributed by atoms with Crippen LogP contribution in [0, 0.1) is 0 Å². The highest BCUT2D eigenvalue weighted by Crippen LogP contribution is 2.40. The lowest BCUT2D eigenvalue weighted by atomic mass is 9.93. The number of para-hydroxylation sites is 1. The molecule has 2 fully saturated rings. The molecule has 0 unspecified atom stereocenters. The van der Waals surface area contributed by atoms with Crippen molar-refractivity contribution in [2.75, 3.05) is 0 Å². The maximum atomic E-state index is 12.9. The summed E-state index contributed by atoms with van der Waals surface area (Å²) in [5, 5.41) is 4.72. The van der Waals surface area contributed by atoms with Crippen molar-refractivity contribution in [1.82, 2.24) is 10.3 Å². The Kier molecular flexibility index (Phi) is 3.45. The number of fused-ring (bicyclic) bond motifs is 1. The number of hydrogen-bond donors (Lipinski definition) is 1. The average Bonchev–Trinajstić information content (AvgIpc) is 3.35. The molecule has 0 spiro atoms. The SMILES string of the molecule is O=C(c1cnc2ccccc2c1)C1(NC2CCCCC2)CC1. The molecular weight excluding hydrogens is 272 g/mol. The summed E-state index contributed by atoms with van der Waals surface area (Å²) in [5.41, 5.74) is 1.40. The number of nitrogens with one attached hydrogen (secondary N) is 1. The van der Waals surface area contributed by atoms with Gasteiger partial charge in [-0.25, -0.2) is 0 Å². The van der Waals surface area contributed by atoms with E-state index >= 15 is 0 Å². The van der Waals surface area contributed by atoms with Crippen molar-refractivity contribution in [3.63, 3.8) is 0 Å². The van der Waals surface area contributed by atoms with Crippen LogP contribution in [-0.2, 0) is 0 Å². The normalized spacial score (nSPS) is 20.9. The second-order valence-electron chi connectivity index (χ2n) is 6.81. The van der Waals surface area contributed by atoms with Gasteiger partial charge < -0.3 is 5.32 Å². The van der Waals surface area contributed by atoms with Crippen LogP contribution in [0.3, 0.4) is 0 Å². The summed E-state index contributed by atoms with van der Waals surface area (Å²) in [6.07, 6.45) is 10.0. The molecular formula is C19H22N2O. The van der Waals surface area contributed by atoms with Crippen LogP contribution in [0.15, 0.2) is 36.5 Å². The fraction of sp³-hybridized carbons (Fsp3) is 0.474. The van der Waals surface area contributed by atoms with Crippen LogP contribution in [0.5, 0.6) is 0 Å². The van der Waals surface area contributed by atoms with Gasteiger partial charge in [-0.3, -0.25) is 9.78 Å². The first-order valence-corrected chi connectivity index (χ1v) is 8.44. The van der Waals surface area contributed by atoms with E-state index in [9.17, 15) is 4.79 Å². The van der Waals surface area contributed by atoms with Crippen molar-refractivity contribution in [3.8, 4) is 0 Å². The topological polar surface area (TPSA) is 42.0 Å². The van der Waals surface area contributed by atoms with E-state index in [-0.39, 0.29) is 11.3 Å². The highest BCUT2D eigenvalue weighted by atomic mass is 16.1. The van der Waals surface area contributed by atoms with Gasteiger partial charge in [0.1, 0.15) is 0 Å². The third-order valence-corrected chi connectivity index (χ3v) is 5.12. The number of hydrogen-bond acceptors (Lipinski definition) is 3. The molecule has 2 saturated carbocycles. The van der Waals surface area contributed by atoms with Crippen molar-refractivity contribution < 1.29 is 4.79 Å². The molecule has 114 valence electrons. The highest BCUT2D eigenvalue weighted by molar-refractivity contribution is 6.06. The lowest BCUT2D eigenvalue weighted by Gasteiger charge is -2.27. The molecule has 0 amide bonds. The summed E-state index contributed by atoms with van der Waals surface area (Å²) < 4.78 is 0. The summed E-state index contributed by atoms with van der Waals surface area (Å²) >= 11 is 0. The number of rotatable bonds is 4. The van der Waals surface area contributed by atoms with E-state index in [1.165, 1.54) is 32.1 Å². The van der Waals surface area contributed by atoms with Crippen LogP contribution in [0.25, 0.3) is 10.9 Å². The van der Waals surface area contributed by atoms with Crippen molar-refractivity contribution in [2.24, 2.45) is 0 Å². The molecule has 2 aliphatic carbocycles. The van der Waals surface area contributed by atoms with Crippen LogP contribution in [0.2, 0.25) is 0 Å². The number of carbonyl (C=O) groups excluding carboxylic acids is 1. The molecule has 2 aliphatic rings. The van der Waals surface area contributed by atoms with Gasteiger partial charge in [-0.2, -0.15) is 0 Å². The van der Waals surface area contributed by atoms with E-state index in [1.807, 2.05) is 30.3 Å². The van der Waals surface area contributed by atoms with Gasteiger partial charge >= 0.3 is 0 Å². The summed E-state index contributed by atoms with van der Waals surface area (Å²) in [5.74, 6) is 0.233. The van der Waals surface area contributed by atoms with Crippen LogP contribution in [0.1, 0.15) is 55.3 Å². The van der Waals surface area contributed by atoms with Crippen LogP contribution >= 0.6 is 0 Å². The van der Waals surface area contributed by atoms with Gasteiger partial charge in [0.05, 0.1) is 11.1 Å². The Morgan fingerprint density at radius 3 is 2.68 bits per heavy atom. The van der Waals surface area contributed by atoms with Gasteiger partial charge in [0.2, 0.25) is 0 Å². The molecule has 1 aromatic heterocycles. The van der Waals surface area contributed by atoms with E-state index in [2.05, 4.69) is 10.3 Å². The Balaban J connectivity index is 1.56. The van der Waals surface area contributed by atoms with Gasteiger partial charge in [0.25, 0.3) is 0 Å². The van der Waals surface area contributed by atoms with Gasteiger partial charge in [-0.05, 0) is 37.8 Å². The van der Waals surface area contributed by atoms with E-state index in [4.69, 9.17) is 0 Å². The number of aromatic nitrogens is 1. The molecule has 0 saturated heterocycles. The summed E-state index contributed by atoms with van der Waals surface area (Å²) in [7, 11) is 0. The van der Waals surface area contributed by atoms with E-state index < -0.39 is 0 Å². The smallest absolute Gasteiger partial charge is 0.184 e. The van der Waals surface area contributed by atoms with Crippen molar-refractivity contribution in [3.05, 3.63) is 42.1 Å². The molecule has 1 N–H and O–H groups in total. The van der Waals surface area contributed by atoms with E-state index in [0.29, 0.717) is 6.04 Å². The molecule has 0 aliphatic heterocycles. The Hall–Kier alpha value is -1.74. The third-order valence-electron chi connectivity index (χ3n) is 5.12. The summed E-state index contributed by atoms with van der Waals surface area (Å²) in [6.45, 7) is 0. The molecule has 22 heavy (non-hydrogen) atoms. The molecule has 4 rings (SSSR count). The number of pyridine rings is 1. The molecule has 0 radical (unpaired) electrons. The molecule has 1 heterocycles. The molecule has 3 heteroatoms. The predicted octanol–water partition coefficient (Wildman–Crippen LogP) is 3.87. The number of nitrogens with zero attached hydrogens (tertiary/aromatic N) is 1.